The Morgan fingerprint density at radius 1 is 1.35 bits per heavy atom. The van der Waals surface area contributed by atoms with Gasteiger partial charge < -0.3 is 5.32 Å². The molecular weight excluding hydrogens is 250 g/mol. The minimum atomic E-state index is 0.0539. The van der Waals surface area contributed by atoms with Crippen LogP contribution in [-0.2, 0) is 18.3 Å². The molecule has 2 atom stereocenters. The summed E-state index contributed by atoms with van der Waals surface area (Å²) < 4.78 is 1.85. The predicted octanol–water partition coefficient (Wildman–Crippen LogP) is 2.33. The lowest BCUT2D eigenvalue weighted by molar-refractivity contribution is -0.119. The van der Waals surface area contributed by atoms with Gasteiger partial charge in [-0.25, -0.2) is 0 Å². The molecule has 2 heterocycles. The molecular formula is C16H19N3O. The first-order valence-electron chi connectivity index (χ1n) is 7.05. The monoisotopic (exact) mass is 269 g/mol. The van der Waals surface area contributed by atoms with Crippen molar-refractivity contribution in [2.75, 3.05) is 0 Å². The van der Waals surface area contributed by atoms with Gasteiger partial charge in [-0.3, -0.25) is 9.48 Å². The highest BCUT2D eigenvalue weighted by molar-refractivity contribution is 5.80. The predicted molar refractivity (Wildman–Crippen MR) is 77.3 cm³/mol. The molecule has 0 aliphatic carbocycles. The molecule has 1 aliphatic heterocycles. The zero-order valence-electron chi connectivity index (χ0n) is 11.8. The number of carbonyl (C=O) groups excluding carboxylic acids is 1. The van der Waals surface area contributed by atoms with Crippen LogP contribution in [0.1, 0.15) is 42.1 Å². The van der Waals surface area contributed by atoms with Gasteiger partial charge in [0.15, 0.2) is 0 Å². The summed E-state index contributed by atoms with van der Waals surface area (Å²) in [6.07, 6.45) is 3.49. The number of aryl methyl sites for hydroxylation is 2. The molecule has 3 rings (SSSR count). The molecule has 1 saturated heterocycles. The summed E-state index contributed by atoms with van der Waals surface area (Å²) in [6.45, 7) is 2.10. The maximum Gasteiger partial charge on any atom is 0.221 e. The molecule has 0 bridgehead atoms. The van der Waals surface area contributed by atoms with Crippen LogP contribution in [-0.4, -0.2) is 15.7 Å². The number of amides is 1. The summed E-state index contributed by atoms with van der Waals surface area (Å²) in [5.74, 6) is 0.295. The molecule has 2 aromatic rings. The van der Waals surface area contributed by atoms with E-state index in [0.29, 0.717) is 6.42 Å². The van der Waals surface area contributed by atoms with Gasteiger partial charge in [0.2, 0.25) is 5.91 Å². The molecule has 1 N–H and O–H groups in total. The van der Waals surface area contributed by atoms with E-state index in [-0.39, 0.29) is 17.9 Å². The Kier molecular flexibility index (Phi) is 3.30. The van der Waals surface area contributed by atoms with E-state index >= 15 is 0 Å². The van der Waals surface area contributed by atoms with Gasteiger partial charge in [-0.2, -0.15) is 5.10 Å². The van der Waals surface area contributed by atoms with Crippen molar-refractivity contribution in [2.45, 2.75) is 31.7 Å². The Morgan fingerprint density at radius 2 is 2.10 bits per heavy atom. The number of hydrogen-bond donors (Lipinski definition) is 1. The average Bonchev–Trinajstić information content (AvgIpc) is 3.02. The fraction of sp³-hybridized carbons (Fsp3) is 0.375. The number of rotatable bonds is 3. The smallest absolute Gasteiger partial charge is 0.221 e. The molecule has 4 nitrogen and oxygen atoms in total. The molecule has 104 valence electrons. The highest BCUT2D eigenvalue weighted by atomic mass is 16.2. The maximum absolute atomic E-state index is 11.9. The molecule has 2 unspecified atom stereocenters. The summed E-state index contributed by atoms with van der Waals surface area (Å²) >= 11 is 0. The SMILES string of the molecule is CCc1nn(C)cc1C1CC(=O)NC1c1ccccc1. The van der Waals surface area contributed by atoms with Gasteiger partial charge in [0.05, 0.1) is 11.7 Å². The Morgan fingerprint density at radius 3 is 2.80 bits per heavy atom. The minimum Gasteiger partial charge on any atom is -0.349 e. The number of nitrogens with zero attached hydrogens (tertiary/aromatic N) is 2. The molecule has 1 aromatic heterocycles. The van der Waals surface area contributed by atoms with Crippen molar-refractivity contribution >= 4 is 5.91 Å². The van der Waals surface area contributed by atoms with Crippen molar-refractivity contribution in [3.05, 3.63) is 53.3 Å². The number of aromatic nitrogens is 2. The van der Waals surface area contributed by atoms with Crippen LogP contribution in [0.5, 0.6) is 0 Å². The average molecular weight is 269 g/mol. The first-order chi connectivity index (χ1) is 9.69. The number of benzene rings is 1. The van der Waals surface area contributed by atoms with Crippen molar-refractivity contribution in [1.29, 1.82) is 0 Å². The molecule has 4 heteroatoms. The van der Waals surface area contributed by atoms with Crippen molar-refractivity contribution in [2.24, 2.45) is 7.05 Å². The van der Waals surface area contributed by atoms with Crippen LogP contribution in [0.25, 0.3) is 0 Å². The van der Waals surface area contributed by atoms with E-state index < -0.39 is 0 Å². The zero-order valence-corrected chi connectivity index (χ0v) is 11.8. The van der Waals surface area contributed by atoms with Crippen LogP contribution >= 0.6 is 0 Å². The van der Waals surface area contributed by atoms with Crippen molar-refractivity contribution in [3.63, 3.8) is 0 Å². The molecule has 0 saturated carbocycles. The fourth-order valence-corrected chi connectivity index (χ4v) is 3.05. The van der Waals surface area contributed by atoms with Crippen LogP contribution in [0.15, 0.2) is 36.5 Å². The van der Waals surface area contributed by atoms with E-state index in [4.69, 9.17) is 0 Å². The Bertz CT molecular complexity index is 618. The normalized spacial score (nSPS) is 22.0. The van der Waals surface area contributed by atoms with Gasteiger partial charge in [-0.05, 0) is 17.5 Å². The Labute approximate surface area is 118 Å². The van der Waals surface area contributed by atoms with Crippen LogP contribution in [0, 0.1) is 0 Å². The lowest BCUT2D eigenvalue weighted by Gasteiger charge is -2.19. The summed E-state index contributed by atoms with van der Waals surface area (Å²) in [4.78, 5) is 11.9. The summed E-state index contributed by atoms with van der Waals surface area (Å²) in [5, 5.41) is 7.61. The molecule has 0 radical (unpaired) electrons. The van der Waals surface area contributed by atoms with E-state index in [1.807, 2.05) is 29.9 Å². The Balaban J connectivity index is 2.00. The van der Waals surface area contributed by atoms with Gasteiger partial charge in [-0.1, -0.05) is 37.3 Å². The fourth-order valence-electron chi connectivity index (χ4n) is 3.05. The molecule has 1 amide bonds. The van der Waals surface area contributed by atoms with Crippen LogP contribution in [0.3, 0.4) is 0 Å². The summed E-state index contributed by atoms with van der Waals surface area (Å²) in [5.41, 5.74) is 3.45. The first-order valence-corrected chi connectivity index (χ1v) is 7.05. The zero-order chi connectivity index (χ0) is 14.1. The highest BCUT2D eigenvalue weighted by Crippen LogP contribution is 2.39. The molecule has 20 heavy (non-hydrogen) atoms. The molecule has 1 aromatic carbocycles. The topological polar surface area (TPSA) is 46.9 Å². The third kappa shape index (κ3) is 2.22. The van der Waals surface area contributed by atoms with Gasteiger partial charge >= 0.3 is 0 Å². The van der Waals surface area contributed by atoms with Crippen LogP contribution in [0.4, 0.5) is 0 Å². The maximum atomic E-state index is 11.9. The van der Waals surface area contributed by atoms with E-state index in [9.17, 15) is 4.79 Å². The Hall–Kier alpha value is -2.10. The third-order valence-electron chi connectivity index (χ3n) is 3.95. The lowest BCUT2D eigenvalue weighted by atomic mass is 9.87. The number of carbonyl (C=O) groups is 1. The van der Waals surface area contributed by atoms with Crippen molar-refractivity contribution in [1.82, 2.24) is 15.1 Å². The minimum absolute atomic E-state index is 0.0539. The van der Waals surface area contributed by atoms with Gasteiger partial charge in [0.1, 0.15) is 0 Å². The lowest BCUT2D eigenvalue weighted by Crippen LogP contribution is -2.20. The summed E-state index contributed by atoms with van der Waals surface area (Å²) in [7, 11) is 1.93. The number of hydrogen-bond acceptors (Lipinski definition) is 2. The van der Waals surface area contributed by atoms with E-state index in [2.05, 4.69) is 35.7 Å². The third-order valence-corrected chi connectivity index (χ3v) is 3.95. The molecule has 1 aliphatic rings. The second-order valence-corrected chi connectivity index (χ2v) is 5.32. The van der Waals surface area contributed by atoms with E-state index in [1.165, 1.54) is 5.56 Å². The first kappa shape index (κ1) is 12.9. The van der Waals surface area contributed by atoms with Gasteiger partial charge in [-0.15, -0.1) is 0 Å². The second-order valence-electron chi connectivity index (χ2n) is 5.32. The highest BCUT2D eigenvalue weighted by Gasteiger charge is 2.36. The van der Waals surface area contributed by atoms with Crippen molar-refractivity contribution < 1.29 is 4.79 Å². The van der Waals surface area contributed by atoms with Crippen LogP contribution < -0.4 is 5.32 Å². The summed E-state index contributed by atoms with van der Waals surface area (Å²) in [6, 6.07) is 10.2. The van der Waals surface area contributed by atoms with Crippen molar-refractivity contribution in [3.8, 4) is 0 Å². The number of nitrogens with one attached hydrogen (secondary N) is 1. The largest absolute Gasteiger partial charge is 0.349 e. The van der Waals surface area contributed by atoms with Crippen LogP contribution in [0.2, 0.25) is 0 Å². The van der Waals surface area contributed by atoms with Gasteiger partial charge in [0, 0.05) is 25.6 Å². The standard InChI is InChI=1S/C16H19N3O/c1-3-14-13(10-19(2)18-14)12-9-15(20)17-16(12)11-7-5-4-6-8-11/h4-8,10,12,16H,3,9H2,1-2H3,(H,17,20). The molecule has 1 fully saturated rings. The second kappa shape index (κ2) is 5.12. The molecule has 0 spiro atoms. The quantitative estimate of drug-likeness (QED) is 0.929. The van der Waals surface area contributed by atoms with E-state index in [1.54, 1.807) is 0 Å². The van der Waals surface area contributed by atoms with Gasteiger partial charge in [0.25, 0.3) is 0 Å². The van der Waals surface area contributed by atoms with E-state index in [0.717, 1.165) is 17.7 Å².